The van der Waals surface area contributed by atoms with Gasteiger partial charge in [-0.05, 0) is 38.5 Å². The summed E-state index contributed by atoms with van der Waals surface area (Å²) < 4.78 is 29.3. The lowest BCUT2D eigenvalue weighted by atomic mass is 9.99. The third kappa shape index (κ3) is 3.72. The van der Waals surface area contributed by atoms with Crippen LogP contribution in [0.3, 0.4) is 0 Å². The van der Waals surface area contributed by atoms with Gasteiger partial charge in [0.1, 0.15) is 0 Å². The molecule has 0 bridgehead atoms. The summed E-state index contributed by atoms with van der Waals surface area (Å²) in [6.45, 7) is 10.2. The maximum absolute atomic E-state index is 13.0. The highest BCUT2D eigenvalue weighted by atomic mass is 32.2. The van der Waals surface area contributed by atoms with E-state index in [4.69, 9.17) is 5.73 Å². The van der Waals surface area contributed by atoms with Crippen molar-refractivity contribution in [3.05, 3.63) is 0 Å². The molecule has 120 valence electrons. The minimum atomic E-state index is -3.41. The van der Waals surface area contributed by atoms with E-state index in [2.05, 4.69) is 6.92 Å². The molecule has 1 saturated heterocycles. The van der Waals surface area contributed by atoms with E-state index >= 15 is 0 Å². The van der Waals surface area contributed by atoms with Crippen LogP contribution in [0.25, 0.3) is 0 Å². The number of hydrogen-bond acceptors (Lipinski definition) is 3. The molecule has 20 heavy (non-hydrogen) atoms. The second-order valence-electron chi connectivity index (χ2n) is 6.24. The van der Waals surface area contributed by atoms with Gasteiger partial charge in [0.2, 0.25) is 0 Å². The topological polar surface area (TPSA) is 66.6 Å². The highest BCUT2D eigenvalue weighted by molar-refractivity contribution is 7.86. The molecule has 0 aromatic heterocycles. The van der Waals surface area contributed by atoms with Gasteiger partial charge in [-0.2, -0.15) is 17.0 Å². The zero-order valence-electron chi connectivity index (χ0n) is 13.4. The van der Waals surface area contributed by atoms with Crippen molar-refractivity contribution >= 4 is 10.2 Å². The van der Waals surface area contributed by atoms with Crippen molar-refractivity contribution in [2.75, 3.05) is 26.2 Å². The Labute approximate surface area is 124 Å². The van der Waals surface area contributed by atoms with E-state index in [0.717, 1.165) is 25.7 Å². The Morgan fingerprint density at radius 1 is 1.40 bits per heavy atom. The van der Waals surface area contributed by atoms with Crippen molar-refractivity contribution in [2.24, 2.45) is 11.7 Å². The molecule has 1 aliphatic heterocycles. The van der Waals surface area contributed by atoms with Crippen molar-refractivity contribution in [3.8, 4) is 0 Å². The van der Waals surface area contributed by atoms with E-state index in [1.807, 2.05) is 20.8 Å². The normalized spacial score (nSPS) is 24.8. The van der Waals surface area contributed by atoms with Gasteiger partial charge in [0.15, 0.2) is 0 Å². The molecule has 2 unspecified atom stereocenters. The number of rotatable bonds is 7. The molecule has 0 spiro atoms. The van der Waals surface area contributed by atoms with E-state index in [1.165, 1.54) is 0 Å². The van der Waals surface area contributed by atoms with Crippen LogP contribution in [0.5, 0.6) is 0 Å². The zero-order chi connectivity index (χ0) is 15.4. The Balaban J connectivity index is 3.05. The van der Waals surface area contributed by atoms with Crippen LogP contribution >= 0.6 is 0 Å². The predicted molar refractivity (Wildman–Crippen MR) is 83.6 cm³/mol. The first kappa shape index (κ1) is 17.9. The SMILES string of the molecule is CCCN(C(C)(CC)CN)S(=O)(=O)N1CCCC(C)C1. The van der Waals surface area contributed by atoms with Gasteiger partial charge in [0.25, 0.3) is 10.2 Å². The standard InChI is InChI=1S/C14H31N3O2S/c1-5-9-17(14(4,6-2)12-15)20(18,19)16-10-7-8-13(3)11-16/h13H,5-12,15H2,1-4H3. The molecule has 0 aromatic carbocycles. The largest absolute Gasteiger partial charge is 0.329 e. The first-order valence-electron chi connectivity index (χ1n) is 7.79. The van der Waals surface area contributed by atoms with E-state index in [-0.39, 0.29) is 0 Å². The maximum atomic E-state index is 13.0. The first-order chi connectivity index (χ1) is 9.31. The molecule has 0 amide bonds. The van der Waals surface area contributed by atoms with E-state index in [1.54, 1.807) is 8.61 Å². The lowest BCUT2D eigenvalue weighted by Crippen LogP contribution is -2.59. The Bertz CT molecular complexity index is 393. The highest BCUT2D eigenvalue weighted by Crippen LogP contribution is 2.27. The van der Waals surface area contributed by atoms with Crippen LogP contribution in [0.4, 0.5) is 0 Å². The molecule has 1 rings (SSSR count). The van der Waals surface area contributed by atoms with E-state index < -0.39 is 15.7 Å². The summed E-state index contributed by atoms with van der Waals surface area (Å²) >= 11 is 0. The smallest absolute Gasteiger partial charge is 0.282 e. The molecule has 2 N–H and O–H groups in total. The molecule has 0 aliphatic carbocycles. The maximum Gasteiger partial charge on any atom is 0.282 e. The molecular weight excluding hydrogens is 274 g/mol. The number of hydrogen-bond donors (Lipinski definition) is 1. The highest BCUT2D eigenvalue weighted by Gasteiger charge is 2.41. The molecule has 6 heteroatoms. The van der Waals surface area contributed by atoms with Gasteiger partial charge in [0.05, 0.1) is 0 Å². The van der Waals surface area contributed by atoms with Crippen LogP contribution < -0.4 is 5.73 Å². The summed E-state index contributed by atoms with van der Waals surface area (Å²) in [5.41, 5.74) is 5.39. The van der Waals surface area contributed by atoms with Gasteiger partial charge in [-0.15, -0.1) is 0 Å². The monoisotopic (exact) mass is 305 g/mol. The van der Waals surface area contributed by atoms with Gasteiger partial charge in [-0.25, -0.2) is 0 Å². The summed E-state index contributed by atoms with van der Waals surface area (Å²) in [4.78, 5) is 0. The van der Waals surface area contributed by atoms with Crippen LogP contribution in [0.1, 0.15) is 53.4 Å². The fraction of sp³-hybridized carbons (Fsp3) is 1.00. The fourth-order valence-corrected chi connectivity index (χ4v) is 5.04. The Morgan fingerprint density at radius 3 is 2.50 bits per heavy atom. The summed E-state index contributed by atoms with van der Waals surface area (Å²) in [6.07, 6.45) is 3.60. The van der Waals surface area contributed by atoms with Gasteiger partial charge < -0.3 is 5.73 Å². The molecular formula is C14H31N3O2S. The second-order valence-corrected chi connectivity index (χ2v) is 8.09. The molecule has 0 saturated carbocycles. The average molecular weight is 305 g/mol. The zero-order valence-corrected chi connectivity index (χ0v) is 14.2. The van der Waals surface area contributed by atoms with Crippen LogP contribution in [-0.2, 0) is 10.2 Å². The van der Waals surface area contributed by atoms with E-state index in [9.17, 15) is 8.42 Å². The van der Waals surface area contributed by atoms with Crippen LogP contribution in [0.15, 0.2) is 0 Å². The van der Waals surface area contributed by atoms with Crippen LogP contribution in [0, 0.1) is 5.92 Å². The van der Waals surface area contributed by atoms with Crippen molar-refractivity contribution in [1.82, 2.24) is 8.61 Å². The summed E-state index contributed by atoms with van der Waals surface area (Å²) in [7, 11) is -3.41. The second kappa shape index (κ2) is 7.20. The average Bonchev–Trinajstić information content (AvgIpc) is 2.44. The van der Waals surface area contributed by atoms with Crippen LogP contribution in [0.2, 0.25) is 0 Å². The van der Waals surface area contributed by atoms with Gasteiger partial charge in [-0.1, -0.05) is 20.8 Å². The van der Waals surface area contributed by atoms with Crippen molar-refractivity contribution < 1.29 is 8.42 Å². The summed E-state index contributed by atoms with van der Waals surface area (Å²) in [6, 6.07) is 0. The number of nitrogens with zero attached hydrogens (tertiary/aromatic N) is 2. The molecule has 0 radical (unpaired) electrons. The lowest BCUT2D eigenvalue weighted by molar-refractivity contribution is 0.178. The number of nitrogens with two attached hydrogens (primary N) is 1. The quantitative estimate of drug-likeness (QED) is 0.780. The molecule has 5 nitrogen and oxygen atoms in total. The molecule has 1 fully saturated rings. The fourth-order valence-electron chi connectivity index (χ4n) is 2.78. The Kier molecular flexibility index (Phi) is 6.44. The van der Waals surface area contributed by atoms with Crippen molar-refractivity contribution in [2.45, 2.75) is 58.9 Å². The summed E-state index contributed by atoms with van der Waals surface area (Å²) in [5, 5.41) is 0. The molecule has 1 heterocycles. The van der Waals surface area contributed by atoms with Gasteiger partial charge in [-0.3, -0.25) is 0 Å². The lowest BCUT2D eigenvalue weighted by Gasteiger charge is -2.43. The van der Waals surface area contributed by atoms with E-state index in [0.29, 0.717) is 32.1 Å². The van der Waals surface area contributed by atoms with Crippen LogP contribution in [-0.4, -0.2) is 48.7 Å². The molecule has 1 aliphatic rings. The third-order valence-corrected chi connectivity index (χ3v) is 6.62. The minimum Gasteiger partial charge on any atom is -0.329 e. The minimum absolute atomic E-state index is 0.353. The first-order valence-corrected chi connectivity index (χ1v) is 9.19. The number of piperidine rings is 1. The predicted octanol–water partition coefficient (Wildman–Crippen LogP) is 1.80. The molecule has 0 aromatic rings. The van der Waals surface area contributed by atoms with Crippen molar-refractivity contribution in [3.63, 3.8) is 0 Å². The Morgan fingerprint density at radius 2 is 2.05 bits per heavy atom. The molecule has 2 atom stereocenters. The van der Waals surface area contributed by atoms with Gasteiger partial charge >= 0.3 is 0 Å². The van der Waals surface area contributed by atoms with Crippen molar-refractivity contribution in [1.29, 1.82) is 0 Å². The van der Waals surface area contributed by atoms with Gasteiger partial charge in [0, 0.05) is 31.7 Å². The summed E-state index contributed by atoms with van der Waals surface area (Å²) in [5.74, 6) is 0.438. The Hall–Kier alpha value is -0.170. The third-order valence-electron chi connectivity index (χ3n) is 4.45.